The summed E-state index contributed by atoms with van der Waals surface area (Å²) >= 11 is 5.85. The van der Waals surface area contributed by atoms with Crippen LogP contribution in [0.25, 0.3) is 0 Å². The summed E-state index contributed by atoms with van der Waals surface area (Å²) < 4.78 is 0. The third-order valence-electron chi connectivity index (χ3n) is 3.06. The molecule has 1 fully saturated rings. The molecule has 3 heteroatoms. The molecule has 1 aromatic carbocycles. The van der Waals surface area contributed by atoms with Crippen LogP contribution in [0.15, 0.2) is 24.3 Å². The molecule has 0 aliphatic carbocycles. The largest absolute Gasteiger partial charge is 0.329 e. The SMILES string of the molecule is NCC(Cc1ccc(Cl)cc1)N1CCC1. The van der Waals surface area contributed by atoms with Crippen LogP contribution >= 0.6 is 11.6 Å². The first kappa shape index (κ1) is 10.9. The van der Waals surface area contributed by atoms with Crippen LogP contribution in [0.1, 0.15) is 12.0 Å². The summed E-state index contributed by atoms with van der Waals surface area (Å²) in [5.74, 6) is 0. The highest BCUT2D eigenvalue weighted by Crippen LogP contribution is 2.16. The highest BCUT2D eigenvalue weighted by atomic mass is 35.5. The van der Waals surface area contributed by atoms with Crippen LogP contribution in [0.3, 0.4) is 0 Å². The maximum atomic E-state index is 5.85. The quantitative estimate of drug-likeness (QED) is 0.847. The number of halogens is 1. The molecule has 1 aliphatic rings. The summed E-state index contributed by atoms with van der Waals surface area (Å²) in [5.41, 5.74) is 7.11. The van der Waals surface area contributed by atoms with Crippen molar-refractivity contribution in [3.63, 3.8) is 0 Å². The van der Waals surface area contributed by atoms with Crippen molar-refractivity contribution in [2.45, 2.75) is 18.9 Å². The molecular formula is C12H17ClN2. The monoisotopic (exact) mass is 224 g/mol. The van der Waals surface area contributed by atoms with Gasteiger partial charge in [0.25, 0.3) is 0 Å². The van der Waals surface area contributed by atoms with E-state index in [0.717, 1.165) is 18.0 Å². The average Bonchev–Trinajstić information content (AvgIpc) is 2.17. The van der Waals surface area contributed by atoms with E-state index in [4.69, 9.17) is 17.3 Å². The molecule has 2 nitrogen and oxygen atoms in total. The fourth-order valence-electron chi connectivity index (χ4n) is 1.96. The van der Waals surface area contributed by atoms with Crippen molar-refractivity contribution in [2.75, 3.05) is 19.6 Å². The van der Waals surface area contributed by atoms with Crippen molar-refractivity contribution in [3.8, 4) is 0 Å². The van der Waals surface area contributed by atoms with Gasteiger partial charge in [0.1, 0.15) is 0 Å². The van der Waals surface area contributed by atoms with Gasteiger partial charge in [-0.1, -0.05) is 23.7 Å². The minimum atomic E-state index is 0.500. The van der Waals surface area contributed by atoms with Crippen molar-refractivity contribution in [1.29, 1.82) is 0 Å². The van der Waals surface area contributed by atoms with Crippen LogP contribution in [0.5, 0.6) is 0 Å². The fourth-order valence-corrected chi connectivity index (χ4v) is 2.09. The van der Waals surface area contributed by atoms with E-state index in [9.17, 15) is 0 Å². The first-order valence-corrected chi connectivity index (χ1v) is 5.86. The summed E-state index contributed by atoms with van der Waals surface area (Å²) in [4.78, 5) is 2.45. The zero-order chi connectivity index (χ0) is 10.7. The molecule has 0 spiro atoms. The van der Waals surface area contributed by atoms with E-state index in [2.05, 4.69) is 17.0 Å². The molecule has 0 amide bonds. The summed E-state index contributed by atoms with van der Waals surface area (Å²) in [7, 11) is 0. The Bertz CT molecular complexity index is 306. The topological polar surface area (TPSA) is 29.3 Å². The second kappa shape index (κ2) is 4.97. The van der Waals surface area contributed by atoms with E-state index >= 15 is 0 Å². The van der Waals surface area contributed by atoms with Gasteiger partial charge in [-0.3, -0.25) is 4.90 Å². The Morgan fingerprint density at radius 2 is 1.93 bits per heavy atom. The molecule has 1 aromatic rings. The molecule has 1 atom stereocenters. The van der Waals surface area contributed by atoms with Crippen LogP contribution < -0.4 is 5.73 Å². The van der Waals surface area contributed by atoms with Crippen molar-refractivity contribution in [3.05, 3.63) is 34.9 Å². The lowest BCUT2D eigenvalue weighted by molar-refractivity contribution is 0.121. The second-order valence-electron chi connectivity index (χ2n) is 4.11. The van der Waals surface area contributed by atoms with E-state index in [1.807, 2.05) is 12.1 Å². The van der Waals surface area contributed by atoms with Crippen molar-refractivity contribution in [2.24, 2.45) is 5.73 Å². The van der Waals surface area contributed by atoms with Gasteiger partial charge >= 0.3 is 0 Å². The molecule has 1 aliphatic heterocycles. The van der Waals surface area contributed by atoms with Gasteiger partial charge < -0.3 is 5.73 Å². The van der Waals surface area contributed by atoms with Crippen LogP contribution in [-0.2, 0) is 6.42 Å². The first-order chi connectivity index (χ1) is 7.29. The van der Waals surface area contributed by atoms with Crippen molar-refractivity contribution in [1.82, 2.24) is 4.90 Å². The van der Waals surface area contributed by atoms with E-state index in [-0.39, 0.29) is 0 Å². The van der Waals surface area contributed by atoms with Gasteiger partial charge in [0.15, 0.2) is 0 Å². The number of nitrogens with two attached hydrogens (primary N) is 1. The first-order valence-electron chi connectivity index (χ1n) is 5.48. The van der Waals surface area contributed by atoms with Crippen LogP contribution in [0.4, 0.5) is 0 Å². The molecule has 82 valence electrons. The molecule has 0 radical (unpaired) electrons. The predicted octanol–water partition coefficient (Wildman–Crippen LogP) is 1.92. The van der Waals surface area contributed by atoms with Gasteiger partial charge in [-0.25, -0.2) is 0 Å². The normalized spacial score (nSPS) is 18.5. The molecule has 0 aromatic heterocycles. The van der Waals surface area contributed by atoms with Crippen molar-refractivity contribution < 1.29 is 0 Å². The number of benzene rings is 1. The Morgan fingerprint density at radius 1 is 1.27 bits per heavy atom. The Kier molecular flexibility index (Phi) is 3.62. The minimum absolute atomic E-state index is 0.500. The zero-order valence-electron chi connectivity index (χ0n) is 8.82. The highest BCUT2D eigenvalue weighted by Gasteiger charge is 2.22. The van der Waals surface area contributed by atoms with E-state index in [1.165, 1.54) is 25.1 Å². The molecule has 0 bridgehead atoms. The van der Waals surface area contributed by atoms with Crippen molar-refractivity contribution >= 4 is 11.6 Å². The minimum Gasteiger partial charge on any atom is -0.329 e. The van der Waals surface area contributed by atoms with Gasteiger partial charge in [-0.15, -0.1) is 0 Å². The molecule has 0 saturated carbocycles. The summed E-state index contributed by atoms with van der Waals surface area (Å²) in [6.07, 6.45) is 2.35. The zero-order valence-corrected chi connectivity index (χ0v) is 9.58. The maximum Gasteiger partial charge on any atom is 0.0406 e. The molecule has 1 unspecified atom stereocenters. The van der Waals surface area contributed by atoms with Gasteiger partial charge in [0, 0.05) is 17.6 Å². The Labute approximate surface area is 96.0 Å². The average molecular weight is 225 g/mol. The molecular weight excluding hydrogens is 208 g/mol. The summed E-state index contributed by atoms with van der Waals surface area (Å²) in [6.45, 7) is 3.15. The van der Waals surface area contributed by atoms with Gasteiger partial charge in [0.05, 0.1) is 0 Å². The maximum absolute atomic E-state index is 5.85. The highest BCUT2D eigenvalue weighted by molar-refractivity contribution is 6.30. The van der Waals surface area contributed by atoms with Crippen LogP contribution in [0, 0.1) is 0 Å². The third-order valence-corrected chi connectivity index (χ3v) is 3.32. The number of rotatable bonds is 4. The van der Waals surface area contributed by atoms with E-state index in [0.29, 0.717) is 6.04 Å². The Balaban J connectivity index is 1.96. The smallest absolute Gasteiger partial charge is 0.0406 e. The number of likely N-dealkylation sites (tertiary alicyclic amines) is 1. The van der Waals surface area contributed by atoms with Crippen LogP contribution in [-0.4, -0.2) is 30.6 Å². The van der Waals surface area contributed by atoms with E-state index in [1.54, 1.807) is 0 Å². The number of hydrogen-bond donors (Lipinski definition) is 1. The lowest BCUT2D eigenvalue weighted by atomic mass is 10.0. The molecule has 2 N–H and O–H groups in total. The Morgan fingerprint density at radius 3 is 2.40 bits per heavy atom. The Hall–Kier alpha value is -0.570. The fraction of sp³-hybridized carbons (Fsp3) is 0.500. The lowest BCUT2D eigenvalue weighted by Gasteiger charge is -2.38. The lowest BCUT2D eigenvalue weighted by Crippen LogP contribution is -2.49. The number of hydrogen-bond acceptors (Lipinski definition) is 2. The predicted molar refractivity (Wildman–Crippen MR) is 64.2 cm³/mol. The second-order valence-corrected chi connectivity index (χ2v) is 4.55. The van der Waals surface area contributed by atoms with Gasteiger partial charge in [-0.2, -0.15) is 0 Å². The molecule has 1 heterocycles. The molecule has 15 heavy (non-hydrogen) atoms. The van der Waals surface area contributed by atoms with E-state index < -0.39 is 0 Å². The summed E-state index contributed by atoms with van der Waals surface area (Å²) in [5, 5.41) is 0.798. The number of nitrogens with zero attached hydrogens (tertiary/aromatic N) is 1. The standard InChI is InChI=1S/C12H17ClN2/c13-11-4-2-10(3-5-11)8-12(9-14)15-6-1-7-15/h2-5,12H,1,6-9,14H2. The third kappa shape index (κ3) is 2.71. The summed E-state index contributed by atoms with van der Waals surface area (Å²) in [6, 6.07) is 8.57. The van der Waals surface area contributed by atoms with Gasteiger partial charge in [0.2, 0.25) is 0 Å². The van der Waals surface area contributed by atoms with Gasteiger partial charge in [-0.05, 0) is 43.6 Å². The molecule has 2 rings (SSSR count). The van der Waals surface area contributed by atoms with Crippen LogP contribution in [0.2, 0.25) is 5.02 Å². The molecule has 1 saturated heterocycles.